The quantitative estimate of drug-likeness (QED) is 0.234. The van der Waals surface area contributed by atoms with Gasteiger partial charge in [-0.05, 0) is 43.3 Å². The van der Waals surface area contributed by atoms with Crippen LogP contribution in [0.1, 0.15) is 5.01 Å². The number of sulfonamides is 1. The highest BCUT2D eigenvalue weighted by atomic mass is 35.5. The van der Waals surface area contributed by atoms with Crippen molar-refractivity contribution in [2.75, 3.05) is 10.0 Å². The van der Waals surface area contributed by atoms with Crippen molar-refractivity contribution in [1.82, 2.24) is 19.9 Å². The number of thiazole rings is 1. The average molecular weight is 579 g/mol. The van der Waals surface area contributed by atoms with Crippen LogP contribution in [0.4, 0.5) is 26.0 Å². The van der Waals surface area contributed by atoms with E-state index in [1.165, 1.54) is 35.9 Å². The summed E-state index contributed by atoms with van der Waals surface area (Å²) in [6.07, 6.45) is 1.21. The van der Waals surface area contributed by atoms with Gasteiger partial charge in [-0.1, -0.05) is 29.3 Å². The van der Waals surface area contributed by atoms with Crippen LogP contribution in [-0.2, 0) is 10.0 Å². The lowest BCUT2D eigenvalue weighted by atomic mass is 10.2. The molecule has 0 amide bonds. The molecule has 37 heavy (non-hydrogen) atoms. The predicted molar refractivity (Wildman–Crippen MR) is 140 cm³/mol. The molecule has 0 bridgehead atoms. The van der Waals surface area contributed by atoms with Gasteiger partial charge < -0.3 is 5.32 Å². The highest BCUT2D eigenvalue weighted by Crippen LogP contribution is 2.34. The third-order valence-electron chi connectivity index (χ3n) is 5.15. The Hall–Kier alpha value is -3.45. The first kappa shape index (κ1) is 25.2. The van der Waals surface area contributed by atoms with Crippen LogP contribution in [0.3, 0.4) is 0 Å². The Labute approximate surface area is 223 Å². The van der Waals surface area contributed by atoms with E-state index in [9.17, 15) is 12.8 Å². The second-order valence-corrected chi connectivity index (χ2v) is 11.1. The van der Waals surface area contributed by atoms with Gasteiger partial charge in [-0.25, -0.2) is 37.1 Å². The molecule has 0 radical (unpaired) electrons. The molecule has 0 aliphatic carbocycles. The van der Waals surface area contributed by atoms with E-state index in [2.05, 4.69) is 30.0 Å². The normalized spacial score (nSPS) is 11.6. The summed E-state index contributed by atoms with van der Waals surface area (Å²) in [5, 5.41) is 5.04. The molecule has 188 valence electrons. The van der Waals surface area contributed by atoms with Crippen LogP contribution < -0.4 is 10.0 Å². The van der Waals surface area contributed by atoms with Gasteiger partial charge in [0.15, 0.2) is 11.6 Å². The number of rotatable bonds is 6. The van der Waals surface area contributed by atoms with E-state index in [0.29, 0.717) is 16.9 Å². The highest BCUT2D eigenvalue weighted by Gasteiger charge is 2.24. The Morgan fingerprint density at radius 1 is 0.973 bits per heavy atom. The maximum atomic E-state index is 15.4. The van der Waals surface area contributed by atoms with Gasteiger partial charge in [0.25, 0.3) is 10.0 Å². The smallest absolute Gasteiger partial charge is 0.263 e. The molecule has 3 heterocycles. The van der Waals surface area contributed by atoms with Gasteiger partial charge in [0.05, 0.1) is 37.6 Å². The second kappa shape index (κ2) is 9.78. The molecule has 0 unspecified atom stereocenters. The number of hydrogen-bond acceptors (Lipinski definition) is 8. The largest absolute Gasteiger partial charge is 0.333 e. The first-order valence-corrected chi connectivity index (χ1v) is 13.5. The van der Waals surface area contributed by atoms with E-state index >= 15 is 4.39 Å². The van der Waals surface area contributed by atoms with Gasteiger partial charge in [0, 0.05) is 5.38 Å². The molecule has 5 rings (SSSR count). The summed E-state index contributed by atoms with van der Waals surface area (Å²) in [5.74, 6) is -2.19. The number of benzene rings is 2. The number of nitrogens with zero attached hydrogens (tertiary/aromatic N) is 4. The van der Waals surface area contributed by atoms with Crippen molar-refractivity contribution in [1.29, 1.82) is 0 Å². The molecule has 2 N–H and O–H groups in total. The van der Waals surface area contributed by atoms with Crippen LogP contribution in [0, 0.1) is 18.6 Å². The van der Waals surface area contributed by atoms with E-state index in [4.69, 9.17) is 23.2 Å². The minimum atomic E-state index is -4.36. The lowest BCUT2D eigenvalue weighted by Crippen LogP contribution is -2.15. The molecule has 3 aromatic heterocycles. The number of nitrogens with one attached hydrogen (secondary N) is 2. The molecule has 0 spiro atoms. The summed E-state index contributed by atoms with van der Waals surface area (Å²) in [4.78, 5) is 16.8. The van der Waals surface area contributed by atoms with Crippen molar-refractivity contribution < 1.29 is 17.2 Å². The Bertz CT molecular complexity index is 1780. The number of aryl methyl sites for hydroxylation is 1. The first-order valence-electron chi connectivity index (χ1n) is 10.4. The number of pyridine rings is 1. The minimum Gasteiger partial charge on any atom is -0.333 e. The van der Waals surface area contributed by atoms with Crippen LogP contribution in [0.2, 0.25) is 10.0 Å². The second-order valence-electron chi connectivity index (χ2n) is 7.60. The maximum Gasteiger partial charge on any atom is 0.263 e. The van der Waals surface area contributed by atoms with Crippen LogP contribution >= 0.6 is 34.5 Å². The number of halogens is 4. The zero-order valence-corrected chi connectivity index (χ0v) is 21.8. The summed E-state index contributed by atoms with van der Waals surface area (Å²) >= 11 is 13.4. The van der Waals surface area contributed by atoms with Gasteiger partial charge in [-0.2, -0.15) is 0 Å². The standard InChI is InChI=1S/C23H14Cl2F2N6O2S2/c1-11-30-17(9-36-11)14-7-8-16-22(31-14)23(29-10-28-16)32-21-13(26)5-6-15(20(21)27)33-37(34,35)18-4-2-3-12(24)19(18)25/h2-10,33H,1H3,(H,28,29,32). The molecule has 0 saturated carbocycles. The number of anilines is 3. The van der Waals surface area contributed by atoms with Crippen molar-refractivity contribution >= 4 is 72.8 Å². The van der Waals surface area contributed by atoms with Crippen LogP contribution in [0.25, 0.3) is 22.4 Å². The van der Waals surface area contributed by atoms with Crippen molar-refractivity contribution in [2.24, 2.45) is 0 Å². The molecule has 0 fully saturated rings. The van der Waals surface area contributed by atoms with Gasteiger partial charge in [-0.15, -0.1) is 11.3 Å². The molecule has 0 saturated heterocycles. The molecule has 0 aliphatic heterocycles. The maximum absolute atomic E-state index is 15.4. The SMILES string of the molecule is Cc1nc(-c2ccc3ncnc(Nc4c(F)ccc(NS(=O)(=O)c5cccc(Cl)c5Cl)c4F)c3n2)cs1. The summed E-state index contributed by atoms with van der Waals surface area (Å²) in [7, 11) is -4.36. The van der Waals surface area contributed by atoms with Crippen LogP contribution in [-0.4, -0.2) is 28.4 Å². The molecule has 0 aliphatic rings. The number of hydrogen-bond donors (Lipinski definition) is 2. The number of fused-ring (bicyclic) bond motifs is 1. The summed E-state index contributed by atoms with van der Waals surface area (Å²) in [5.41, 5.74) is 0.643. The fraction of sp³-hybridized carbons (Fsp3) is 0.0435. The van der Waals surface area contributed by atoms with Gasteiger partial charge in [0.1, 0.15) is 28.2 Å². The van der Waals surface area contributed by atoms with Crippen molar-refractivity contribution in [3.05, 3.63) is 80.9 Å². The Morgan fingerprint density at radius 2 is 1.78 bits per heavy atom. The number of aromatic nitrogens is 4. The monoisotopic (exact) mass is 578 g/mol. The minimum absolute atomic E-state index is 0.00166. The Morgan fingerprint density at radius 3 is 2.54 bits per heavy atom. The van der Waals surface area contributed by atoms with E-state index in [1.807, 2.05) is 12.3 Å². The molecular weight excluding hydrogens is 565 g/mol. The zero-order valence-electron chi connectivity index (χ0n) is 18.6. The molecule has 8 nitrogen and oxygen atoms in total. The summed E-state index contributed by atoms with van der Waals surface area (Å²) in [6, 6.07) is 9.26. The Kier molecular flexibility index (Phi) is 6.67. The lowest BCUT2D eigenvalue weighted by molar-refractivity contribution is 0.588. The third kappa shape index (κ3) is 4.92. The fourth-order valence-electron chi connectivity index (χ4n) is 3.41. The fourth-order valence-corrected chi connectivity index (χ4v) is 5.84. The zero-order chi connectivity index (χ0) is 26.3. The molecular formula is C23H14Cl2F2N6O2S2. The average Bonchev–Trinajstić information content (AvgIpc) is 3.31. The predicted octanol–water partition coefficient (Wildman–Crippen LogP) is 6.59. The van der Waals surface area contributed by atoms with E-state index in [-0.39, 0.29) is 26.3 Å². The summed E-state index contributed by atoms with van der Waals surface area (Å²) in [6.45, 7) is 1.86. The van der Waals surface area contributed by atoms with Crippen molar-refractivity contribution in [2.45, 2.75) is 11.8 Å². The van der Waals surface area contributed by atoms with E-state index < -0.39 is 33.0 Å². The highest BCUT2D eigenvalue weighted by molar-refractivity contribution is 7.92. The van der Waals surface area contributed by atoms with Crippen LogP contribution in [0.5, 0.6) is 0 Å². The van der Waals surface area contributed by atoms with E-state index in [1.54, 1.807) is 12.1 Å². The summed E-state index contributed by atoms with van der Waals surface area (Å²) < 4.78 is 58.0. The van der Waals surface area contributed by atoms with Gasteiger partial charge in [0.2, 0.25) is 0 Å². The van der Waals surface area contributed by atoms with Gasteiger partial charge >= 0.3 is 0 Å². The van der Waals surface area contributed by atoms with E-state index in [0.717, 1.165) is 17.1 Å². The molecule has 2 aromatic carbocycles. The van der Waals surface area contributed by atoms with Crippen molar-refractivity contribution in [3.8, 4) is 11.4 Å². The molecule has 0 atom stereocenters. The van der Waals surface area contributed by atoms with Crippen LogP contribution in [0.15, 0.2) is 59.1 Å². The molecule has 5 aromatic rings. The van der Waals surface area contributed by atoms with Crippen molar-refractivity contribution in [3.63, 3.8) is 0 Å². The van der Waals surface area contributed by atoms with Gasteiger partial charge in [-0.3, -0.25) is 4.72 Å². The third-order valence-corrected chi connectivity index (χ3v) is 8.26. The lowest BCUT2D eigenvalue weighted by Gasteiger charge is -2.15. The first-order chi connectivity index (χ1) is 17.6. The molecule has 14 heteroatoms. The Balaban J connectivity index is 1.53. The topological polar surface area (TPSA) is 110 Å².